The minimum Gasteiger partial charge on any atom is -0.495 e. The molecule has 0 radical (unpaired) electrons. The molecule has 3 rings (SSSR count). The number of ether oxygens (including phenoxy) is 2. The predicted molar refractivity (Wildman–Crippen MR) is 99.7 cm³/mol. The SMILES string of the molecule is COc1cc(C(O)OC)ccc1Nc1ncc(Cl)c(-c2ccn(C)c2)n1. The largest absolute Gasteiger partial charge is 0.495 e. The fourth-order valence-corrected chi connectivity index (χ4v) is 2.69. The maximum atomic E-state index is 9.79. The van der Waals surface area contributed by atoms with Crippen LogP contribution in [0.5, 0.6) is 5.75 Å². The summed E-state index contributed by atoms with van der Waals surface area (Å²) in [6, 6.07) is 7.10. The van der Waals surface area contributed by atoms with E-state index in [0.717, 1.165) is 5.56 Å². The van der Waals surface area contributed by atoms with Crippen LogP contribution in [0.3, 0.4) is 0 Å². The lowest BCUT2D eigenvalue weighted by Crippen LogP contribution is -2.03. The zero-order valence-corrected chi connectivity index (χ0v) is 15.4. The number of aliphatic hydroxyl groups excluding tert-OH is 1. The Bertz CT molecular complexity index is 913. The Kier molecular flexibility index (Phi) is 5.41. The molecule has 1 unspecified atom stereocenters. The average Bonchev–Trinajstić information content (AvgIpc) is 3.09. The highest BCUT2D eigenvalue weighted by Crippen LogP contribution is 2.32. The summed E-state index contributed by atoms with van der Waals surface area (Å²) in [6.45, 7) is 0. The van der Waals surface area contributed by atoms with Gasteiger partial charge in [0.05, 0.1) is 29.7 Å². The number of aliphatic hydroxyl groups is 1. The van der Waals surface area contributed by atoms with Crippen LogP contribution in [-0.4, -0.2) is 33.9 Å². The molecule has 3 aromatic rings. The zero-order valence-electron chi connectivity index (χ0n) is 14.6. The van der Waals surface area contributed by atoms with Crippen molar-refractivity contribution in [2.45, 2.75) is 6.29 Å². The number of nitrogens with one attached hydrogen (secondary N) is 1. The van der Waals surface area contributed by atoms with Gasteiger partial charge in [0.15, 0.2) is 6.29 Å². The molecule has 1 aromatic carbocycles. The van der Waals surface area contributed by atoms with E-state index in [9.17, 15) is 5.11 Å². The van der Waals surface area contributed by atoms with Gasteiger partial charge in [-0.3, -0.25) is 0 Å². The van der Waals surface area contributed by atoms with E-state index in [1.54, 1.807) is 31.5 Å². The summed E-state index contributed by atoms with van der Waals surface area (Å²) >= 11 is 6.24. The molecule has 0 fully saturated rings. The monoisotopic (exact) mass is 374 g/mol. The van der Waals surface area contributed by atoms with E-state index in [-0.39, 0.29) is 0 Å². The molecule has 0 amide bonds. The number of anilines is 2. The summed E-state index contributed by atoms with van der Waals surface area (Å²) in [4.78, 5) is 8.73. The molecule has 1 atom stereocenters. The highest BCUT2D eigenvalue weighted by atomic mass is 35.5. The molecule has 2 N–H and O–H groups in total. The van der Waals surface area contributed by atoms with Crippen molar-refractivity contribution >= 4 is 23.2 Å². The molecular formula is C18H19ClN4O3. The molecule has 7 nitrogen and oxygen atoms in total. The van der Waals surface area contributed by atoms with Gasteiger partial charge in [-0.05, 0) is 18.2 Å². The maximum absolute atomic E-state index is 9.79. The van der Waals surface area contributed by atoms with Crippen molar-refractivity contribution in [3.05, 3.63) is 53.4 Å². The second-order valence-corrected chi connectivity index (χ2v) is 6.04. The van der Waals surface area contributed by atoms with Crippen LogP contribution in [0.2, 0.25) is 5.02 Å². The van der Waals surface area contributed by atoms with Gasteiger partial charge in [0, 0.05) is 37.7 Å². The first-order chi connectivity index (χ1) is 12.5. The molecule has 136 valence electrons. The van der Waals surface area contributed by atoms with Crippen LogP contribution < -0.4 is 10.1 Å². The first kappa shape index (κ1) is 18.2. The highest BCUT2D eigenvalue weighted by Gasteiger charge is 2.13. The lowest BCUT2D eigenvalue weighted by atomic mass is 10.2. The van der Waals surface area contributed by atoms with Crippen molar-refractivity contribution in [1.29, 1.82) is 0 Å². The molecule has 0 aliphatic carbocycles. The number of benzene rings is 1. The number of halogens is 1. The lowest BCUT2D eigenvalue weighted by Gasteiger charge is -2.14. The van der Waals surface area contributed by atoms with Crippen LogP contribution in [0.1, 0.15) is 11.9 Å². The number of hydrogen-bond donors (Lipinski definition) is 2. The summed E-state index contributed by atoms with van der Waals surface area (Å²) in [5.74, 6) is 0.907. The third-order valence-corrected chi connectivity index (χ3v) is 4.11. The van der Waals surface area contributed by atoms with E-state index in [2.05, 4.69) is 15.3 Å². The van der Waals surface area contributed by atoms with Crippen LogP contribution in [-0.2, 0) is 11.8 Å². The molecular weight excluding hydrogens is 356 g/mol. The van der Waals surface area contributed by atoms with Crippen molar-refractivity contribution in [3.8, 4) is 17.0 Å². The summed E-state index contributed by atoms with van der Waals surface area (Å²) in [5, 5.41) is 13.4. The quantitative estimate of drug-likeness (QED) is 0.642. The van der Waals surface area contributed by atoms with E-state index >= 15 is 0 Å². The molecule has 0 saturated heterocycles. The van der Waals surface area contributed by atoms with E-state index in [0.29, 0.717) is 33.7 Å². The second-order valence-electron chi connectivity index (χ2n) is 5.63. The first-order valence-corrected chi connectivity index (χ1v) is 8.20. The fourth-order valence-electron chi connectivity index (χ4n) is 2.49. The van der Waals surface area contributed by atoms with Crippen molar-refractivity contribution in [2.75, 3.05) is 19.5 Å². The number of rotatable bonds is 6. The standard InChI is InChI=1S/C18H19ClN4O3/c1-23-7-6-12(10-23)16-13(19)9-20-18(22-16)21-14-5-4-11(17(24)26-3)8-15(14)25-2/h4-10,17,24H,1-3H3,(H,20,21,22). The number of aryl methyl sites for hydroxylation is 1. The third-order valence-electron chi connectivity index (χ3n) is 3.83. The topological polar surface area (TPSA) is 81.4 Å². The summed E-state index contributed by atoms with van der Waals surface area (Å²) in [6.07, 6.45) is 4.38. The maximum Gasteiger partial charge on any atom is 0.227 e. The van der Waals surface area contributed by atoms with Gasteiger partial charge in [-0.25, -0.2) is 9.97 Å². The van der Waals surface area contributed by atoms with E-state index in [4.69, 9.17) is 21.1 Å². The normalized spacial score (nSPS) is 12.0. The molecule has 2 heterocycles. The van der Waals surface area contributed by atoms with Crippen LogP contribution in [0.25, 0.3) is 11.3 Å². The van der Waals surface area contributed by atoms with Gasteiger partial charge in [0.2, 0.25) is 5.95 Å². The highest BCUT2D eigenvalue weighted by molar-refractivity contribution is 6.32. The summed E-state index contributed by atoms with van der Waals surface area (Å²) in [7, 11) is 4.90. The number of aromatic nitrogens is 3. The van der Waals surface area contributed by atoms with Crippen molar-refractivity contribution in [2.24, 2.45) is 7.05 Å². The summed E-state index contributed by atoms with van der Waals surface area (Å²) < 4.78 is 12.2. The third kappa shape index (κ3) is 3.80. The molecule has 2 aromatic heterocycles. The number of methoxy groups -OCH3 is 2. The molecule has 8 heteroatoms. The Balaban J connectivity index is 1.92. The second kappa shape index (κ2) is 7.74. The van der Waals surface area contributed by atoms with E-state index in [1.807, 2.05) is 30.1 Å². The van der Waals surface area contributed by atoms with Gasteiger partial charge in [0.1, 0.15) is 5.75 Å². The molecule has 0 bridgehead atoms. The van der Waals surface area contributed by atoms with Crippen LogP contribution in [0, 0.1) is 0 Å². The fraction of sp³-hybridized carbons (Fsp3) is 0.222. The van der Waals surface area contributed by atoms with Crippen molar-refractivity contribution in [1.82, 2.24) is 14.5 Å². The Morgan fingerprint density at radius 3 is 2.73 bits per heavy atom. The first-order valence-electron chi connectivity index (χ1n) is 7.82. The minimum absolute atomic E-state index is 0.381. The molecule has 26 heavy (non-hydrogen) atoms. The molecule has 0 saturated carbocycles. The molecule has 0 aliphatic rings. The van der Waals surface area contributed by atoms with Gasteiger partial charge >= 0.3 is 0 Å². The average molecular weight is 375 g/mol. The minimum atomic E-state index is -1.02. The Labute approximate surface area is 156 Å². The zero-order chi connectivity index (χ0) is 18.7. The van der Waals surface area contributed by atoms with Gasteiger partial charge < -0.3 is 24.5 Å². The van der Waals surface area contributed by atoms with Crippen molar-refractivity contribution in [3.63, 3.8) is 0 Å². The number of hydrogen-bond acceptors (Lipinski definition) is 6. The predicted octanol–water partition coefficient (Wildman–Crippen LogP) is 3.53. The lowest BCUT2D eigenvalue weighted by molar-refractivity contribution is -0.0770. The Morgan fingerprint density at radius 2 is 2.08 bits per heavy atom. The van der Waals surface area contributed by atoms with E-state index < -0.39 is 6.29 Å². The van der Waals surface area contributed by atoms with Gasteiger partial charge in [-0.15, -0.1) is 0 Å². The van der Waals surface area contributed by atoms with Gasteiger partial charge in [-0.2, -0.15) is 0 Å². The molecule has 0 spiro atoms. The smallest absolute Gasteiger partial charge is 0.227 e. The van der Waals surface area contributed by atoms with Crippen molar-refractivity contribution < 1.29 is 14.6 Å². The van der Waals surface area contributed by atoms with Crippen LogP contribution >= 0.6 is 11.6 Å². The van der Waals surface area contributed by atoms with Crippen LogP contribution in [0.15, 0.2) is 42.9 Å². The van der Waals surface area contributed by atoms with E-state index in [1.165, 1.54) is 7.11 Å². The van der Waals surface area contributed by atoms with Crippen LogP contribution in [0.4, 0.5) is 11.6 Å². The van der Waals surface area contributed by atoms with Gasteiger partial charge in [0.25, 0.3) is 0 Å². The Hall–Kier alpha value is -2.61. The number of nitrogens with zero attached hydrogens (tertiary/aromatic N) is 3. The Morgan fingerprint density at radius 1 is 1.27 bits per heavy atom. The molecule has 0 aliphatic heterocycles. The van der Waals surface area contributed by atoms with Gasteiger partial charge in [-0.1, -0.05) is 17.7 Å². The summed E-state index contributed by atoms with van der Waals surface area (Å²) in [5.41, 5.74) is 2.77.